The van der Waals surface area contributed by atoms with Gasteiger partial charge in [-0.15, -0.1) is 0 Å². The van der Waals surface area contributed by atoms with Crippen molar-refractivity contribution in [3.8, 4) is 0 Å². The molecule has 2 saturated carbocycles. The highest BCUT2D eigenvalue weighted by molar-refractivity contribution is 5.92. The van der Waals surface area contributed by atoms with E-state index in [0.29, 0.717) is 18.3 Å². The molecule has 3 atom stereocenters. The first kappa shape index (κ1) is 15.7. The smallest absolute Gasteiger partial charge is 0.306 e. The maximum Gasteiger partial charge on any atom is 0.306 e. The molecule has 0 radical (unpaired) electrons. The van der Waals surface area contributed by atoms with Crippen molar-refractivity contribution in [3.63, 3.8) is 0 Å². The first-order chi connectivity index (χ1) is 11.7. The summed E-state index contributed by atoms with van der Waals surface area (Å²) in [4.78, 5) is 24.0. The van der Waals surface area contributed by atoms with Crippen LogP contribution in [0.1, 0.15) is 49.7 Å². The van der Waals surface area contributed by atoms with Crippen LogP contribution in [0.2, 0.25) is 0 Å². The average Bonchev–Trinajstić information content (AvgIpc) is 3.28. The molecule has 1 amide bonds. The Labute approximate surface area is 143 Å². The number of fused-ring (bicyclic) bond motifs is 3. The number of ether oxygens (including phenoxy) is 1. The molecule has 3 aliphatic carbocycles. The number of benzene rings is 1. The van der Waals surface area contributed by atoms with Crippen molar-refractivity contribution in [3.05, 3.63) is 29.3 Å². The molecule has 0 unspecified atom stereocenters. The normalized spacial score (nSPS) is 27.1. The average molecular weight is 327 g/mol. The minimum Gasteiger partial charge on any atom is -0.456 e. The SMILES string of the molecule is O=C(COC(=O)C[C@H]1C[C@@H]2CC[C@@H]1C2)Nc1ccc2c(c1)CCC2. The van der Waals surface area contributed by atoms with E-state index in [-0.39, 0.29) is 18.5 Å². The molecule has 1 aromatic rings. The Hall–Kier alpha value is -1.84. The van der Waals surface area contributed by atoms with Gasteiger partial charge in [0.2, 0.25) is 0 Å². The largest absolute Gasteiger partial charge is 0.456 e. The van der Waals surface area contributed by atoms with E-state index in [0.717, 1.165) is 24.4 Å². The van der Waals surface area contributed by atoms with Gasteiger partial charge < -0.3 is 10.1 Å². The van der Waals surface area contributed by atoms with Crippen LogP contribution in [0, 0.1) is 17.8 Å². The fourth-order valence-electron chi connectivity index (χ4n) is 4.89. The second kappa shape index (κ2) is 6.58. The third-order valence-electron chi connectivity index (χ3n) is 6.06. The summed E-state index contributed by atoms with van der Waals surface area (Å²) in [5, 5.41) is 2.83. The third-order valence-corrected chi connectivity index (χ3v) is 6.06. The molecule has 4 heteroatoms. The van der Waals surface area contributed by atoms with Gasteiger partial charge in [0, 0.05) is 12.1 Å². The summed E-state index contributed by atoms with van der Waals surface area (Å²) in [7, 11) is 0. The Morgan fingerprint density at radius 3 is 2.79 bits per heavy atom. The first-order valence-electron chi connectivity index (χ1n) is 9.24. The van der Waals surface area contributed by atoms with Crippen LogP contribution in [0.25, 0.3) is 0 Å². The van der Waals surface area contributed by atoms with E-state index in [9.17, 15) is 9.59 Å². The van der Waals surface area contributed by atoms with Crippen molar-refractivity contribution in [2.45, 2.75) is 51.4 Å². The van der Waals surface area contributed by atoms with Crippen LogP contribution in [0.15, 0.2) is 18.2 Å². The van der Waals surface area contributed by atoms with Crippen LogP contribution >= 0.6 is 0 Å². The summed E-state index contributed by atoms with van der Waals surface area (Å²) < 4.78 is 5.19. The summed E-state index contributed by atoms with van der Waals surface area (Å²) in [6.07, 6.45) is 8.93. The summed E-state index contributed by atoms with van der Waals surface area (Å²) in [5.41, 5.74) is 3.50. The molecule has 0 aromatic heterocycles. The third kappa shape index (κ3) is 3.33. The van der Waals surface area contributed by atoms with Crippen LogP contribution in [-0.2, 0) is 27.2 Å². The topological polar surface area (TPSA) is 55.4 Å². The lowest BCUT2D eigenvalue weighted by Gasteiger charge is -2.20. The second-order valence-electron chi connectivity index (χ2n) is 7.68. The van der Waals surface area contributed by atoms with Crippen LogP contribution < -0.4 is 5.32 Å². The zero-order valence-corrected chi connectivity index (χ0v) is 14.1. The minimum atomic E-state index is -0.255. The Bertz CT molecular complexity index is 654. The Balaban J connectivity index is 1.22. The van der Waals surface area contributed by atoms with Gasteiger partial charge in [-0.1, -0.05) is 12.5 Å². The molecule has 0 spiro atoms. The highest BCUT2D eigenvalue weighted by Crippen LogP contribution is 2.49. The van der Waals surface area contributed by atoms with Crippen molar-refractivity contribution >= 4 is 17.6 Å². The molecular formula is C20H25NO3. The van der Waals surface area contributed by atoms with Crippen molar-refractivity contribution in [2.75, 3.05) is 11.9 Å². The molecule has 4 nitrogen and oxygen atoms in total. The van der Waals surface area contributed by atoms with Crippen LogP contribution in [0.5, 0.6) is 0 Å². The van der Waals surface area contributed by atoms with Gasteiger partial charge in [0.1, 0.15) is 0 Å². The zero-order chi connectivity index (χ0) is 16.5. The quantitative estimate of drug-likeness (QED) is 0.842. The molecule has 128 valence electrons. The summed E-state index contributed by atoms with van der Waals surface area (Å²) >= 11 is 0. The highest BCUT2D eigenvalue weighted by atomic mass is 16.5. The molecular weight excluding hydrogens is 302 g/mol. The molecule has 1 aromatic carbocycles. The van der Waals surface area contributed by atoms with E-state index in [2.05, 4.69) is 11.4 Å². The lowest BCUT2D eigenvalue weighted by Crippen LogP contribution is -2.23. The molecule has 1 N–H and O–H groups in total. The summed E-state index contributed by atoms with van der Waals surface area (Å²) in [6.45, 7) is -0.184. The predicted octanol–water partition coefficient (Wildman–Crippen LogP) is 3.48. The van der Waals surface area contributed by atoms with Crippen molar-refractivity contribution in [1.82, 2.24) is 0 Å². The van der Waals surface area contributed by atoms with Gasteiger partial charge in [-0.25, -0.2) is 0 Å². The molecule has 2 fully saturated rings. The second-order valence-corrected chi connectivity index (χ2v) is 7.68. The van der Waals surface area contributed by atoms with Gasteiger partial charge >= 0.3 is 5.97 Å². The standard InChI is InChI=1S/C20H25NO3/c22-19(21-18-7-6-14-2-1-3-15(14)10-18)12-24-20(23)11-17-9-13-4-5-16(17)8-13/h6-7,10,13,16-17H,1-5,8-9,11-12H2,(H,21,22)/t13-,16-,17-/m1/s1. The molecule has 3 aliphatic rings. The number of hydrogen-bond acceptors (Lipinski definition) is 3. The molecule has 4 rings (SSSR count). The maximum absolute atomic E-state index is 12.0. The Morgan fingerprint density at radius 1 is 1.12 bits per heavy atom. The number of nitrogens with one attached hydrogen (secondary N) is 1. The Morgan fingerprint density at radius 2 is 2.00 bits per heavy atom. The zero-order valence-electron chi connectivity index (χ0n) is 14.1. The molecule has 2 bridgehead atoms. The minimum absolute atomic E-state index is 0.184. The Kier molecular flexibility index (Phi) is 4.30. The van der Waals surface area contributed by atoms with Gasteiger partial charge in [0.15, 0.2) is 6.61 Å². The van der Waals surface area contributed by atoms with E-state index in [1.807, 2.05) is 12.1 Å². The number of rotatable bonds is 5. The van der Waals surface area contributed by atoms with E-state index in [1.165, 1.54) is 43.2 Å². The van der Waals surface area contributed by atoms with Gasteiger partial charge in [0.25, 0.3) is 5.91 Å². The predicted molar refractivity (Wildman–Crippen MR) is 91.6 cm³/mol. The van der Waals surface area contributed by atoms with E-state index >= 15 is 0 Å². The lowest BCUT2D eigenvalue weighted by molar-refractivity contribution is -0.148. The molecule has 0 aliphatic heterocycles. The van der Waals surface area contributed by atoms with Gasteiger partial charge in [-0.05, 0) is 79.5 Å². The monoisotopic (exact) mass is 327 g/mol. The van der Waals surface area contributed by atoms with Gasteiger partial charge in [0.05, 0.1) is 0 Å². The molecule has 0 saturated heterocycles. The fraction of sp³-hybridized carbons (Fsp3) is 0.600. The van der Waals surface area contributed by atoms with Gasteiger partial charge in [-0.2, -0.15) is 0 Å². The number of anilines is 1. The van der Waals surface area contributed by atoms with Gasteiger partial charge in [-0.3, -0.25) is 9.59 Å². The van der Waals surface area contributed by atoms with E-state index < -0.39 is 0 Å². The number of carbonyl (C=O) groups is 2. The number of carbonyl (C=O) groups excluding carboxylic acids is 2. The van der Waals surface area contributed by atoms with Crippen LogP contribution in [0.3, 0.4) is 0 Å². The molecule has 0 heterocycles. The maximum atomic E-state index is 12.0. The number of esters is 1. The van der Waals surface area contributed by atoms with Crippen LogP contribution in [-0.4, -0.2) is 18.5 Å². The number of amides is 1. The van der Waals surface area contributed by atoms with Crippen molar-refractivity contribution in [2.24, 2.45) is 17.8 Å². The number of hydrogen-bond donors (Lipinski definition) is 1. The van der Waals surface area contributed by atoms with E-state index in [1.54, 1.807) is 0 Å². The lowest BCUT2D eigenvalue weighted by atomic mass is 9.86. The van der Waals surface area contributed by atoms with Crippen molar-refractivity contribution in [1.29, 1.82) is 0 Å². The van der Waals surface area contributed by atoms with Crippen LogP contribution in [0.4, 0.5) is 5.69 Å². The van der Waals surface area contributed by atoms with Crippen molar-refractivity contribution < 1.29 is 14.3 Å². The molecule has 24 heavy (non-hydrogen) atoms. The first-order valence-corrected chi connectivity index (χ1v) is 9.24. The van der Waals surface area contributed by atoms with E-state index in [4.69, 9.17) is 4.74 Å². The number of aryl methyl sites for hydroxylation is 2. The highest BCUT2D eigenvalue weighted by Gasteiger charge is 2.40. The summed E-state index contributed by atoms with van der Waals surface area (Å²) in [5.74, 6) is 1.54. The fourth-order valence-corrected chi connectivity index (χ4v) is 4.89. The summed E-state index contributed by atoms with van der Waals surface area (Å²) in [6, 6.07) is 6.05.